The van der Waals surface area contributed by atoms with Crippen molar-refractivity contribution in [3.63, 3.8) is 0 Å². The second-order valence-corrected chi connectivity index (χ2v) is 4.56. The highest BCUT2D eigenvalue weighted by Gasteiger charge is 2.30. The molecule has 2 rings (SSSR count). The summed E-state index contributed by atoms with van der Waals surface area (Å²) in [6.07, 6.45) is 1.51. The van der Waals surface area contributed by atoms with E-state index >= 15 is 0 Å². The number of hydrogen-bond donors (Lipinski definition) is 1. The fourth-order valence-electron chi connectivity index (χ4n) is 2.55. The number of rotatable bonds is 2. The lowest BCUT2D eigenvalue weighted by atomic mass is 9.91. The van der Waals surface area contributed by atoms with E-state index in [1.165, 1.54) is 18.2 Å². The lowest BCUT2D eigenvalue weighted by molar-refractivity contribution is 0.137. The highest BCUT2D eigenvalue weighted by atomic mass is 19.1. The van der Waals surface area contributed by atoms with Crippen LogP contribution in [0.5, 0.6) is 0 Å². The van der Waals surface area contributed by atoms with Crippen molar-refractivity contribution in [2.24, 2.45) is 5.73 Å². The van der Waals surface area contributed by atoms with Crippen LogP contribution < -0.4 is 5.73 Å². The molecule has 4 heteroatoms. The average Bonchev–Trinajstić information content (AvgIpc) is 2.29. The van der Waals surface area contributed by atoms with Gasteiger partial charge >= 0.3 is 0 Å². The van der Waals surface area contributed by atoms with Crippen LogP contribution in [-0.2, 0) is 0 Å². The zero-order valence-corrected chi connectivity index (χ0v) is 10.00. The first-order valence-corrected chi connectivity index (χ1v) is 6.07. The van der Waals surface area contributed by atoms with Gasteiger partial charge in [0.25, 0.3) is 0 Å². The van der Waals surface area contributed by atoms with Crippen molar-refractivity contribution >= 4 is 0 Å². The Balaban J connectivity index is 2.35. The maximum atomic E-state index is 13.8. The Morgan fingerprint density at radius 3 is 2.59 bits per heavy atom. The van der Waals surface area contributed by atoms with E-state index in [4.69, 9.17) is 5.73 Å². The summed E-state index contributed by atoms with van der Waals surface area (Å²) in [6, 6.07) is 3.82. The van der Waals surface area contributed by atoms with Gasteiger partial charge in [0.05, 0.1) is 0 Å². The quantitative estimate of drug-likeness (QED) is 0.860. The van der Waals surface area contributed by atoms with Crippen LogP contribution in [0.3, 0.4) is 0 Å². The summed E-state index contributed by atoms with van der Waals surface area (Å²) in [4.78, 5) is 2.09. The van der Waals surface area contributed by atoms with Gasteiger partial charge in [-0.15, -0.1) is 0 Å². The minimum atomic E-state index is -0.470. The fraction of sp³-hybridized carbons (Fsp3) is 0.538. The average molecular weight is 240 g/mol. The molecular formula is C13H18F2N2. The van der Waals surface area contributed by atoms with Gasteiger partial charge in [0.15, 0.2) is 0 Å². The van der Waals surface area contributed by atoms with Crippen LogP contribution in [0.15, 0.2) is 18.2 Å². The Hall–Kier alpha value is -1.00. The second kappa shape index (κ2) is 5.10. The molecule has 1 fully saturated rings. The third kappa shape index (κ3) is 2.48. The number of benzene rings is 1. The molecule has 0 aromatic heterocycles. The predicted molar refractivity (Wildman–Crippen MR) is 63.6 cm³/mol. The van der Waals surface area contributed by atoms with Crippen molar-refractivity contribution in [2.75, 3.05) is 13.1 Å². The molecule has 1 aliphatic rings. The first-order valence-electron chi connectivity index (χ1n) is 6.07. The normalized spacial score (nSPS) is 26.1. The molecule has 0 radical (unpaired) electrons. The predicted octanol–water partition coefficient (Wildman–Crippen LogP) is 2.45. The smallest absolute Gasteiger partial charge is 0.130 e. The van der Waals surface area contributed by atoms with Crippen molar-refractivity contribution in [1.82, 2.24) is 4.90 Å². The van der Waals surface area contributed by atoms with Gasteiger partial charge in [-0.1, -0.05) is 13.0 Å². The van der Waals surface area contributed by atoms with Crippen molar-refractivity contribution in [2.45, 2.75) is 31.8 Å². The SMILES string of the molecule is CCN1CCC(N)CC1c1c(F)cccc1F. The highest BCUT2D eigenvalue weighted by Crippen LogP contribution is 2.33. The van der Waals surface area contributed by atoms with E-state index in [9.17, 15) is 8.78 Å². The zero-order valence-electron chi connectivity index (χ0n) is 10.00. The van der Waals surface area contributed by atoms with Crippen molar-refractivity contribution in [3.05, 3.63) is 35.4 Å². The molecule has 0 aliphatic carbocycles. The van der Waals surface area contributed by atoms with Crippen LogP contribution >= 0.6 is 0 Å². The first-order chi connectivity index (χ1) is 8.13. The molecule has 0 saturated carbocycles. The molecule has 1 saturated heterocycles. The van der Waals surface area contributed by atoms with E-state index in [0.29, 0.717) is 6.42 Å². The van der Waals surface area contributed by atoms with Gasteiger partial charge in [-0.25, -0.2) is 8.78 Å². The summed E-state index contributed by atoms with van der Waals surface area (Å²) in [5.41, 5.74) is 6.08. The zero-order chi connectivity index (χ0) is 12.4. The number of piperidine rings is 1. The standard InChI is InChI=1S/C13H18F2N2/c1-2-17-7-6-9(16)8-12(17)13-10(14)4-3-5-11(13)15/h3-5,9,12H,2,6-8,16H2,1H3. The van der Waals surface area contributed by atoms with Gasteiger partial charge in [-0.05, 0) is 31.5 Å². The summed E-state index contributed by atoms with van der Waals surface area (Å²) >= 11 is 0. The van der Waals surface area contributed by atoms with Gasteiger partial charge in [-0.2, -0.15) is 0 Å². The summed E-state index contributed by atoms with van der Waals surface area (Å²) in [6.45, 7) is 3.59. The molecule has 0 amide bonds. The molecule has 2 unspecified atom stereocenters. The van der Waals surface area contributed by atoms with Crippen LogP contribution in [0.2, 0.25) is 0 Å². The molecule has 1 aliphatic heterocycles. The Morgan fingerprint density at radius 1 is 1.35 bits per heavy atom. The van der Waals surface area contributed by atoms with Gasteiger partial charge in [-0.3, -0.25) is 4.90 Å². The minimum Gasteiger partial charge on any atom is -0.328 e. The van der Waals surface area contributed by atoms with E-state index in [1.807, 2.05) is 6.92 Å². The van der Waals surface area contributed by atoms with Gasteiger partial charge < -0.3 is 5.73 Å². The number of nitrogens with two attached hydrogens (primary N) is 1. The molecule has 94 valence electrons. The van der Waals surface area contributed by atoms with E-state index in [0.717, 1.165) is 19.5 Å². The summed E-state index contributed by atoms with van der Waals surface area (Å²) in [5, 5.41) is 0. The molecule has 2 N–H and O–H groups in total. The minimum absolute atomic E-state index is 0.0295. The number of nitrogens with zero attached hydrogens (tertiary/aromatic N) is 1. The highest BCUT2D eigenvalue weighted by molar-refractivity contribution is 5.24. The van der Waals surface area contributed by atoms with Crippen molar-refractivity contribution in [3.8, 4) is 0 Å². The molecule has 2 nitrogen and oxygen atoms in total. The van der Waals surface area contributed by atoms with Crippen LogP contribution in [0.4, 0.5) is 8.78 Å². The topological polar surface area (TPSA) is 29.3 Å². The third-order valence-electron chi connectivity index (χ3n) is 3.49. The molecule has 0 spiro atoms. The summed E-state index contributed by atoms with van der Waals surface area (Å²) in [5.74, 6) is -0.940. The number of halogens is 2. The summed E-state index contributed by atoms with van der Waals surface area (Å²) in [7, 11) is 0. The number of hydrogen-bond acceptors (Lipinski definition) is 2. The maximum Gasteiger partial charge on any atom is 0.130 e. The molecule has 2 atom stereocenters. The lowest BCUT2D eigenvalue weighted by Crippen LogP contribution is -2.42. The summed E-state index contributed by atoms with van der Waals surface area (Å²) < 4.78 is 27.5. The van der Waals surface area contributed by atoms with Crippen LogP contribution in [0.1, 0.15) is 31.4 Å². The molecule has 0 bridgehead atoms. The van der Waals surface area contributed by atoms with E-state index < -0.39 is 11.6 Å². The first kappa shape index (κ1) is 12.5. The second-order valence-electron chi connectivity index (χ2n) is 4.56. The van der Waals surface area contributed by atoms with Gasteiger partial charge in [0, 0.05) is 24.2 Å². The van der Waals surface area contributed by atoms with Crippen molar-refractivity contribution in [1.29, 1.82) is 0 Å². The molecule has 1 aromatic rings. The van der Waals surface area contributed by atoms with E-state index in [-0.39, 0.29) is 17.6 Å². The van der Waals surface area contributed by atoms with Crippen LogP contribution in [-0.4, -0.2) is 24.0 Å². The molecule has 1 heterocycles. The van der Waals surface area contributed by atoms with E-state index in [1.54, 1.807) is 0 Å². The lowest BCUT2D eigenvalue weighted by Gasteiger charge is -2.38. The Kier molecular flexibility index (Phi) is 3.74. The van der Waals surface area contributed by atoms with Crippen LogP contribution in [0, 0.1) is 11.6 Å². The monoisotopic (exact) mass is 240 g/mol. The Morgan fingerprint density at radius 2 is 2.00 bits per heavy atom. The Labute approximate surface area is 100 Å². The Bertz CT molecular complexity index is 375. The number of likely N-dealkylation sites (tertiary alicyclic amines) is 1. The van der Waals surface area contributed by atoms with Crippen LogP contribution in [0.25, 0.3) is 0 Å². The van der Waals surface area contributed by atoms with Crippen molar-refractivity contribution < 1.29 is 8.78 Å². The molecule has 17 heavy (non-hydrogen) atoms. The largest absolute Gasteiger partial charge is 0.328 e. The fourth-order valence-corrected chi connectivity index (χ4v) is 2.55. The van der Waals surface area contributed by atoms with Gasteiger partial charge in [0.1, 0.15) is 11.6 Å². The molecule has 1 aromatic carbocycles. The van der Waals surface area contributed by atoms with E-state index in [2.05, 4.69) is 4.90 Å². The van der Waals surface area contributed by atoms with Gasteiger partial charge in [0.2, 0.25) is 0 Å². The maximum absolute atomic E-state index is 13.8. The third-order valence-corrected chi connectivity index (χ3v) is 3.49. The molecular weight excluding hydrogens is 222 g/mol.